The molecule has 17 heavy (non-hydrogen) atoms. The van der Waals surface area contributed by atoms with Crippen LogP contribution in [0.2, 0.25) is 5.02 Å². The van der Waals surface area contributed by atoms with E-state index in [0.29, 0.717) is 17.1 Å². The lowest BCUT2D eigenvalue weighted by Gasteiger charge is -2.18. The molecule has 0 bridgehead atoms. The fourth-order valence-electron chi connectivity index (χ4n) is 1.55. The number of benzene rings is 1. The molecule has 0 unspecified atom stereocenters. The normalized spacial score (nSPS) is 12.1. The SMILES string of the molecule is CCCN(C)S(=O)(=O)c1cc(N)c(Cl)cc1C. The highest BCUT2D eigenvalue weighted by atomic mass is 35.5. The van der Waals surface area contributed by atoms with Crippen LogP contribution in [0, 0.1) is 6.92 Å². The van der Waals surface area contributed by atoms with Crippen molar-refractivity contribution in [2.75, 3.05) is 19.3 Å². The summed E-state index contributed by atoms with van der Waals surface area (Å²) in [5.74, 6) is 0. The smallest absolute Gasteiger partial charge is 0.243 e. The maximum atomic E-state index is 12.2. The monoisotopic (exact) mass is 276 g/mol. The van der Waals surface area contributed by atoms with Crippen LogP contribution in [-0.2, 0) is 10.0 Å². The van der Waals surface area contributed by atoms with E-state index in [1.807, 2.05) is 6.92 Å². The summed E-state index contributed by atoms with van der Waals surface area (Å²) in [7, 11) is -1.92. The van der Waals surface area contributed by atoms with E-state index in [0.717, 1.165) is 6.42 Å². The summed E-state index contributed by atoms with van der Waals surface area (Å²) in [6, 6.07) is 2.99. The van der Waals surface area contributed by atoms with Gasteiger partial charge in [0.25, 0.3) is 0 Å². The van der Waals surface area contributed by atoms with Crippen LogP contribution in [0.15, 0.2) is 17.0 Å². The molecule has 6 heteroatoms. The molecule has 1 rings (SSSR count). The fourth-order valence-corrected chi connectivity index (χ4v) is 3.27. The highest BCUT2D eigenvalue weighted by Gasteiger charge is 2.22. The van der Waals surface area contributed by atoms with Gasteiger partial charge in [0.05, 0.1) is 15.6 Å². The Morgan fingerprint density at radius 1 is 1.41 bits per heavy atom. The van der Waals surface area contributed by atoms with Crippen molar-refractivity contribution in [3.8, 4) is 0 Å². The van der Waals surface area contributed by atoms with Crippen LogP contribution < -0.4 is 5.73 Å². The topological polar surface area (TPSA) is 63.4 Å². The number of nitrogen functional groups attached to an aromatic ring is 1. The zero-order valence-electron chi connectivity index (χ0n) is 10.2. The molecule has 0 aromatic heterocycles. The van der Waals surface area contributed by atoms with Crippen molar-refractivity contribution in [2.45, 2.75) is 25.2 Å². The summed E-state index contributed by atoms with van der Waals surface area (Å²) in [5, 5.41) is 0.375. The van der Waals surface area contributed by atoms with E-state index in [9.17, 15) is 8.42 Å². The van der Waals surface area contributed by atoms with E-state index >= 15 is 0 Å². The highest BCUT2D eigenvalue weighted by Crippen LogP contribution is 2.27. The second kappa shape index (κ2) is 5.25. The molecular formula is C11H17ClN2O2S. The quantitative estimate of drug-likeness (QED) is 0.858. The predicted molar refractivity (Wildman–Crippen MR) is 70.7 cm³/mol. The van der Waals surface area contributed by atoms with Gasteiger partial charge in [-0.15, -0.1) is 0 Å². The van der Waals surface area contributed by atoms with Gasteiger partial charge in [-0.2, -0.15) is 0 Å². The predicted octanol–water partition coefficient (Wildman–Crippen LogP) is 2.26. The average molecular weight is 277 g/mol. The van der Waals surface area contributed by atoms with Gasteiger partial charge in [0.2, 0.25) is 10.0 Å². The Hall–Kier alpha value is -0.780. The number of sulfonamides is 1. The van der Waals surface area contributed by atoms with Gasteiger partial charge in [-0.05, 0) is 31.0 Å². The Morgan fingerprint density at radius 2 is 2.00 bits per heavy atom. The number of anilines is 1. The summed E-state index contributed by atoms with van der Waals surface area (Å²) in [6.45, 7) is 4.11. The van der Waals surface area contributed by atoms with Crippen molar-refractivity contribution in [2.24, 2.45) is 0 Å². The van der Waals surface area contributed by atoms with E-state index in [-0.39, 0.29) is 10.6 Å². The van der Waals surface area contributed by atoms with Crippen molar-refractivity contribution in [3.63, 3.8) is 0 Å². The van der Waals surface area contributed by atoms with Crippen LogP contribution in [0.5, 0.6) is 0 Å². The molecule has 1 aromatic carbocycles. The molecule has 0 atom stereocenters. The molecule has 0 saturated carbocycles. The van der Waals surface area contributed by atoms with Gasteiger partial charge in [0.1, 0.15) is 0 Å². The molecule has 2 N–H and O–H groups in total. The van der Waals surface area contributed by atoms with Gasteiger partial charge < -0.3 is 5.73 Å². The Bertz CT molecular complexity index is 514. The molecule has 0 fully saturated rings. The second-order valence-corrected chi connectivity index (χ2v) is 6.39. The summed E-state index contributed by atoms with van der Waals surface area (Å²) in [4.78, 5) is 0.218. The van der Waals surface area contributed by atoms with Crippen molar-refractivity contribution < 1.29 is 8.42 Å². The molecular weight excluding hydrogens is 260 g/mol. The first-order valence-electron chi connectivity index (χ1n) is 5.32. The van der Waals surface area contributed by atoms with Crippen molar-refractivity contribution >= 4 is 27.3 Å². The Labute approximate surface area is 107 Å². The Morgan fingerprint density at radius 3 is 2.53 bits per heavy atom. The first kappa shape index (κ1) is 14.3. The Balaban J connectivity index is 3.29. The third-order valence-electron chi connectivity index (χ3n) is 2.52. The summed E-state index contributed by atoms with van der Waals surface area (Å²) >= 11 is 5.84. The third kappa shape index (κ3) is 2.91. The van der Waals surface area contributed by atoms with E-state index < -0.39 is 10.0 Å². The molecule has 0 aliphatic rings. The number of nitrogens with zero attached hydrogens (tertiary/aromatic N) is 1. The number of rotatable bonds is 4. The van der Waals surface area contributed by atoms with Gasteiger partial charge >= 0.3 is 0 Å². The van der Waals surface area contributed by atoms with Gasteiger partial charge in [0.15, 0.2) is 0 Å². The van der Waals surface area contributed by atoms with E-state index in [1.165, 1.54) is 10.4 Å². The van der Waals surface area contributed by atoms with Crippen LogP contribution in [0.1, 0.15) is 18.9 Å². The standard InChI is InChI=1S/C11H17ClN2O2S/c1-4-5-14(3)17(15,16)11-7-10(13)9(12)6-8(11)2/h6-7H,4-5,13H2,1-3H3. The van der Waals surface area contributed by atoms with Crippen LogP contribution >= 0.6 is 11.6 Å². The first-order valence-corrected chi connectivity index (χ1v) is 7.14. The number of aryl methyl sites for hydroxylation is 1. The number of halogens is 1. The Kier molecular flexibility index (Phi) is 4.41. The average Bonchev–Trinajstić information content (AvgIpc) is 2.23. The lowest BCUT2D eigenvalue weighted by atomic mass is 10.2. The van der Waals surface area contributed by atoms with Gasteiger partial charge in [-0.1, -0.05) is 18.5 Å². The van der Waals surface area contributed by atoms with E-state index in [4.69, 9.17) is 17.3 Å². The maximum Gasteiger partial charge on any atom is 0.243 e. The van der Waals surface area contributed by atoms with Crippen LogP contribution in [-0.4, -0.2) is 26.3 Å². The largest absolute Gasteiger partial charge is 0.397 e. The lowest BCUT2D eigenvalue weighted by Crippen LogP contribution is -2.28. The molecule has 0 aliphatic carbocycles. The molecule has 0 heterocycles. The molecule has 4 nitrogen and oxygen atoms in total. The zero-order chi connectivity index (χ0) is 13.2. The van der Waals surface area contributed by atoms with Crippen molar-refractivity contribution in [3.05, 3.63) is 22.7 Å². The lowest BCUT2D eigenvalue weighted by molar-refractivity contribution is 0.468. The minimum absolute atomic E-state index is 0.218. The number of hydrogen-bond donors (Lipinski definition) is 1. The fraction of sp³-hybridized carbons (Fsp3) is 0.455. The maximum absolute atomic E-state index is 12.2. The van der Waals surface area contributed by atoms with Gasteiger partial charge in [-0.25, -0.2) is 12.7 Å². The van der Waals surface area contributed by atoms with Crippen LogP contribution in [0.25, 0.3) is 0 Å². The van der Waals surface area contributed by atoms with Crippen LogP contribution in [0.4, 0.5) is 5.69 Å². The van der Waals surface area contributed by atoms with Crippen LogP contribution in [0.3, 0.4) is 0 Å². The first-order chi connectivity index (χ1) is 7.80. The third-order valence-corrected chi connectivity index (χ3v) is 4.85. The molecule has 96 valence electrons. The molecule has 0 spiro atoms. The van der Waals surface area contributed by atoms with Crippen molar-refractivity contribution in [1.29, 1.82) is 0 Å². The van der Waals surface area contributed by atoms with E-state index in [1.54, 1.807) is 20.0 Å². The number of hydrogen-bond acceptors (Lipinski definition) is 3. The summed E-state index contributed by atoms with van der Waals surface area (Å²) in [6.07, 6.45) is 0.762. The van der Waals surface area contributed by atoms with Gasteiger partial charge in [-0.3, -0.25) is 0 Å². The number of nitrogens with two attached hydrogens (primary N) is 1. The van der Waals surface area contributed by atoms with Gasteiger partial charge in [0, 0.05) is 13.6 Å². The molecule has 0 saturated heterocycles. The molecule has 1 aromatic rings. The van der Waals surface area contributed by atoms with Crippen molar-refractivity contribution in [1.82, 2.24) is 4.31 Å². The van der Waals surface area contributed by atoms with E-state index in [2.05, 4.69) is 0 Å². The zero-order valence-corrected chi connectivity index (χ0v) is 11.8. The summed E-state index contributed by atoms with van der Waals surface area (Å²) < 4.78 is 25.8. The minimum Gasteiger partial charge on any atom is -0.397 e. The second-order valence-electron chi connectivity index (χ2n) is 3.97. The highest BCUT2D eigenvalue weighted by molar-refractivity contribution is 7.89. The molecule has 0 amide bonds. The molecule has 0 aliphatic heterocycles. The molecule has 0 radical (unpaired) electrons. The summed E-state index contributed by atoms with van der Waals surface area (Å²) in [5.41, 5.74) is 6.53. The minimum atomic E-state index is -3.48.